The SMILES string of the molecule is S=c1[nH]c2c(S)c(-c3nc4ccccc4s3)ccc2s1.[Zn]. The van der Waals surface area contributed by atoms with Crippen molar-refractivity contribution in [2.24, 2.45) is 0 Å². The van der Waals surface area contributed by atoms with Crippen molar-refractivity contribution >= 4 is 68.0 Å². The van der Waals surface area contributed by atoms with Crippen LogP contribution in [0.25, 0.3) is 31.0 Å². The summed E-state index contributed by atoms with van der Waals surface area (Å²) in [4.78, 5) is 8.81. The van der Waals surface area contributed by atoms with E-state index in [4.69, 9.17) is 17.2 Å². The molecule has 4 rings (SSSR count). The Morgan fingerprint density at radius 1 is 1.05 bits per heavy atom. The van der Waals surface area contributed by atoms with Gasteiger partial charge in [0.15, 0.2) is 3.95 Å². The number of H-pyrrole nitrogens is 1. The van der Waals surface area contributed by atoms with Crippen LogP contribution in [-0.2, 0) is 19.5 Å². The number of para-hydroxylation sites is 1. The topological polar surface area (TPSA) is 28.7 Å². The Morgan fingerprint density at radius 3 is 2.67 bits per heavy atom. The molecule has 7 heteroatoms. The number of nitrogens with one attached hydrogen (secondary N) is 1. The third-order valence-electron chi connectivity index (χ3n) is 3.09. The van der Waals surface area contributed by atoms with E-state index in [-0.39, 0.29) is 19.5 Å². The maximum Gasteiger partial charge on any atom is 0.159 e. The molecule has 0 saturated heterocycles. The fourth-order valence-electron chi connectivity index (χ4n) is 2.17. The molecule has 2 aromatic heterocycles. The van der Waals surface area contributed by atoms with Crippen molar-refractivity contribution in [3.8, 4) is 10.6 Å². The van der Waals surface area contributed by atoms with E-state index in [9.17, 15) is 0 Å². The molecule has 0 atom stereocenters. The Bertz CT molecular complexity index is 966. The van der Waals surface area contributed by atoms with Gasteiger partial charge in [-0.1, -0.05) is 12.1 Å². The number of aromatic amines is 1. The molecule has 0 aliphatic rings. The second-order valence-electron chi connectivity index (χ2n) is 4.34. The van der Waals surface area contributed by atoms with E-state index in [0.717, 1.165) is 35.2 Å². The summed E-state index contributed by atoms with van der Waals surface area (Å²) in [5, 5.41) is 0.989. The van der Waals surface area contributed by atoms with Crippen LogP contribution in [0.1, 0.15) is 0 Å². The molecule has 4 aromatic rings. The predicted molar refractivity (Wildman–Crippen MR) is 92.9 cm³/mol. The quantitative estimate of drug-likeness (QED) is 0.251. The second-order valence-corrected chi connectivity index (χ2v) is 7.53. The molecule has 2 nitrogen and oxygen atoms in total. The Hall–Kier alpha value is -0.587. The van der Waals surface area contributed by atoms with Crippen LogP contribution in [-0.4, -0.2) is 9.97 Å². The minimum atomic E-state index is 0. The Balaban J connectivity index is 0.00000132. The van der Waals surface area contributed by atoms with Gasteiger partial charge in [0.1, 0.15) is 5.01 Å². The average molecular weight is 398 g/mol. The Morgan fingerprint density at radius 2 is 1.86 bits per heavy atom. The zero-order valence-electron chi connectivity index (χ0n) is 10.8. The Labute approximate surface area is 152 Å². The standard InChI is InChI=1S/C14H8N2S4.Zn/c17-12-7(5-6-10-11(12)16-14(18)20-10)13-15-8-3-1-2-4-9(8)19-13;/h1-6,17H,(H,16,18);. The number of thiol groups is 1. The molecule has 0 unspecified atom stereocenters. The molecular weight excluding hydrogens is 390 g/mol. The normalized spacial score (nSPS) is 10.9. The first kappa shape index (κ1) is 15.3. The molecule has 0 amide bonds. The zero-order chi connectivity index (χ0) is 13.7. The van der Waals surface area contributed by atoms with Crippen LogP contribution in [0.2, 0.25) is 0 Å². The first-order valence-corrected chi connectivity index (χ1v) is 8.42. The maximum absolute atomic E-state index is 5.20. The van der Waals surface area contributed by atoms with Gasteiger partial charge in [0.2, 0.25) is 0 Å². The van der Waals surface area contributed by atoms with Crippen LogP contribution in [0.4, 0.5) is 0 Å². The molecule has 0 fully saturated rings. The molecule has 21 heavy (non-hydrogen) atoms. The number of aromatic nitrogens is 2. The summed E-state index contributed by atoms with van der Waals surface area (Å²) < 4.78 is 3.09. The molecule has 0 aliphatic carbocycles. The number of fused-ring (bicyclic) bond motifs is 2. The monoisotopic (exact) mass is 396 g/mol. The van der Waals surface area contributed by atoms with Gasteiger partial charge >= 0.3 is 0 Å². The summed E-state index contributed by atoms with van der Waals surface area (Å²) in [5.41, 5.74) is 3.07. The number of thiazole rings is 2. The summed E-state index contributed by atoms with van der Waals surface area (Å²) >= 11 is 13.1. The first-order valence-electron chi connectivity index (χ1n) is 5.93. The molecule has 0 bridgehead atoms. The van der Waals surface area contributed by atoms with Crippen molar-refractivity contribution in [3.63, 3.8) is 0 Å². The van der Waals surface area contributed by atoms with Crippen LogP contribution in [0.3, 0.4) is 0 Å². The third kappa shape index (κ3) is 2.62. The molecule has 0 spiro atoms. The van der Waals surface area contributed by atoms with Gasteiger partial charge in [-0.25, -0.2) is 4.98 Å². The minimum absolute atomic E-state index is 0. The van der Waals surface area contributed by atoms with Gasteiger partial charge in [-0.05, 0) is 36.5 Å². The largest absolute Gasteiger partial charge is 0.336 e. The van der Waals surface area contributed by atoms with Gasteiger partial charge in [-0.3, -0.25) is 0 Å². The fourth-order valence-corrected chi connectivity index (χ4v) is 4.79. The zero-order valence-corrected chi connectivity index (χ0v) is 17.1. The van der Waals surface area contributed by atoms with Gasteiger partial charge < -0.3 is 4.98 Å². The van der Waals surface area contributed by atoms with Crippen molar-refractivity contribution in [2.45, 2.75) is 4.90 Å². The van der Waals surface area contributed by atoms with Crippen LogP contribution >= 0.6 is 47.5 Å². The van der Waals surface area contributed by atoms with E-state index < -0.39 is 0 Å². The van der Waals surface area contributed by atoms with Crippen molar-refractivity contribution in [3.05, 3.63) is 40.4 Å². The average Bonchev–Trinajstić information content (AvgIpc) is 3.02. The van der Waals surface area contributed by atoms with Crippen molar-refractivity contribution in [2.75, 3.05) is 0 Å². The van der Waals surface area contributed by atoms with E-state index in [1.165, 1.54) is 4.70 Å². The van der Waals surface area contributed by atoms with Crippen LogP contribution < -0.4 is 0 Å². The summed E-state index contributed by atoms with van der Waals surface area (Å²) in [5.74, 6) is 0. The molecule has 0 aliphatic heterocycles. The first-order chi connectivity index (χ1) is 9.72. The smallest absolute Gasteiger partial charge is 0.159 e. The summed E-state index contributed by atoms with van der Waals surface area (Å²) in [6, 6.07) is 12.3. The molecule has 0 radical (unpaired) electrons. The Kier molecular flexibility index (Phi) is 4.30. The van der Waals surface area contributed by atoms with Crippen molar-refractivity contribution in [1.82, 2.24) is 9.97 Å². The number of hydrogen-bond donors (Lipinski definition) is 2. The van der Waals surface area contributed by atoms with Gasteiger partial charge in [0, 0.05) is 29.9 Å². The van der Waals surface area contributed by atoms with E-state index in [1.807, 2.05) is 18.2 Å². The van der Waals surface area contributed by atoms with Gasteiger partial charge in [0.05, 0.1) is 20.4 Å². The van der Waals surface area contributed by atoms with Crippen LogP contribution in [0.15, 0.2) is 41.3 Å². The van der Waals surface area contributed by atoms with E-state index in [0.29, 0.717) is 0 Å². The van der Waals surface area contributed by atoms with E-state index in [2.05, 4.69) is 35.8 Å². The van der Waals surface area contributed by atoms with Crippen molar-refractivity contribution in [1.29, 1.82) is 0 Å². The number of rotatable bonds is 1. The number of hydrogen-bond acceptors (Lipinski definition) is 5. The molecule has 2 aromatic carbocycles. The van der Waals surface area contributed by atoms with Gasteiger partial charge in [-0.2, -0.15) is 0 Å². The summed E-state index contributed by atoms with van der Waals surface area (Å²) in [6.07, 6.45) is 0. The number of benzene rings is 2. The van der Waals surface area contributed by atoms with Gasteiger partial charge in [0.25, 0.3) is 0 Å². The second kappa shape index (κ2) is 5.90. The summed E-state index contributed by atoms with van der Waals surface area (Å²) in [7, 11) is 0. The van der Waals surface area contributed by atoms with Crippen LogP contribution in [0, 0.1) is 3.95 Å². The predicted octanol–water partition coefficient (Wildman–Crippen LogP) is 5.52. The molecule has 0 saturated carbocycles. The van der Waals surface area contributed by atoms with Crippen molar-refractivity contribution < 1.29 is 19.5 Å². The third-order valence-corrected chi connectivity index (χ3v) is 5.83. The number of nitrogens with zero attached hydrogens (tertiary/aromatic N) is 1. The molecular formula is C14H8N2S4Zn. The van der Waals surface area contributed by atoms with Gasteiger partial charge in [-0.15, -0.1) is 35.3 Å². The molecule has 100 valence electrons. The minimum Gasteiger partial charge on any atom is -0.336 e. The van der Waals surface area contributed by atoms with E-state index in [1.54, 1.807) is 22.7 Å². The summed E-state index contributed by atoms with van der Waals surface area (Å²) in [6.45, 7) is 0. The maximum atomic E-state index is 5.20. The molecule has 2 heterocycles. The molecule has 1 N–H and O–H groups in total. The van der Waals surface area contributed by atoms with Crippen LogP contribution in [0.5, 0.6) is 0 Å². The van der Waals surface area contributed by atoms with E-state index >= 15 is 0 Å². The fraction of sp³-hybridized carbons (Fsp3) is 0.